The molecule has 0 aliphatic carbocycles. The molecule has 0 radical (unpaired) electrons. The first-order chi connectivity index (χ1) is 13.9. The van der Waals surface area contributed by atoms with Crippen molar-refractivity contribution in [3.05, 3.63) is 46.3 Å². The van der Waals surface area contributed by atoms with Crippen LogP contribution >= 0.6 is 24.0 Å². The third-order valence-corrected chi connectivity index (χ3v) is 3.70. The number of aromatic nitrogens is 2. The number of nitro groups is 1. The van der Waals surface area contributed by atoms with Gasteiger partial charge in [-0.25, -0.2) is 4.99 Å². The minimum Gasteiger partial charge on any atom is -0.497 e. The van der Waals surface area contributed by atoms with E-state index in [0.29, 0.717) is 36.9 Å². The maximum absolute atomic E-state index is 12.6. The number of benzene rings is 1. The highest BCUT2D eigenvalue weighted by molar-refractivity contribution is 14.0. The summed E-state index contributed by atoms with van der Waals surface area (Å²) in [6.07, 6.45) is 2.50. The van der Waals surface area contributed by atoms with Crippen LogP contribution in [-0.4, -0.2) is 47.5 Å². The van der Waals surface area contributed by atoms with Gasteiger partial charge in [0.1, 0.15) is 23.9 Å². The minimum atomic E-state index is -2.95. The molecule has 30 heavy (non-hydrogen) atoms. The fourth-order valence-corrected chi connectivity index (χ4v) is 2.38. The van der Waals surface area contributed by atoms with Gasteiger partial charge in [-0.2, -0.15) is 13.9 Å². The van der Waals surface area contributed by atoms with Crippen molar-refractivity contribution in [3.8, 4) is 11.5 Å². The lowest BCUT2D eigenvalue weighted by atomic mass is 10.2. The third kappa shape index (κ3) is 7.96. The first-order valence-corrected chi connectivity index (χ1v) is 8.73. The van der Waals surface area contributed by atoms with Crippen molar-refractivity contribution in [2.45, 2.75) is 26.6 Å². The van der Waals surface area contributed by atoms with Gasteiger partial charge in [-0.3, -0.25) is 14.8 Å². The second-order valence-electron chi connectivity index (χ2n) is 5.69. The number of nitrogens with one attached hydrogen (secondary N) is 2. The molecule has 0 amide bonds. The number of guanidine groups is 1. The average molecular weight is 540 g/mol. The van der Waals surface area contributed by atoms with Crippen molar-refractivity contribution < 1.29 is 23.2 Å². The van der Waals surface area contributed by atoms with Crippen molar-refractivity contribution in [3.63, 3.8) is 0 Å². The van der Waals surface area contributed by atoms with Gasteiger partial charge < -0.3 is 20.1 Å². The number of methoxy groups -OCH3 is 1. The Morgan fingerprint density at radius 2 is 2.17 bits per heavy atom. The van der Waals surface area contributed by atoms with Crippen molar-refractivity contribution in [1.82, 2.24) is 20.4 Å². The standard InChI is InChI=1S/C17H22F2N6O4.HI/c1-3-20-17(21-6-7-24-11-13(10-23-24)25(26)27)22-9-12-8-14(28-2)4-5-15(12)29-16(18)19;/h4-5,8,10-11,16H,3,6-7,9H2,1-2H3,(H2,20,21,22);1H. The molecule has 166 valence electrons. The Morgan fingerprint density at radius 3 is 2.77 bits per heavy atom. The SMILES string of the molecule is CCNC(=NCc1cc(OC)ccc1OC(F)F)NCCn1cc([N+](=O)[O-])cn1.I. The third-order valence-electron chi connectivity index (χ3n) is 3.70. The summed E-state index contributed by atoms with van der Waals surface area (Å²) in [7, 11) is 1.47. The van der Waals surface area contributed by atoms with Crippen LogP contribution < -0.4 is 20.1 Å². The zero-order valence-corrected chi connectivity index (χ0v) is 18.7. The largest absolute Gasteiger partial charge is 0.497 e. The predicted octanol–water partition coefficient (Wildman–Crippen LogP) is 2.77. The number of aliphatic imine (C=N–C) groups is 1. The van der Waals surface area contributed by atoms with Gasteiger partial charge in [-0.15, -0.1) is 24.0 Å². The number of halogens is 3. The monoisotopic (exact) mass is 540 g/mol. The van der Waals surface area contributed by atoms with E-state index < -0.39 is 11.5 Å². The summed E-state index contributed by atoms with van der Waals surface area (Å²) in [5.74, 6) is 0.958. The van der Waals surface area contributed by atoms with Crippen LogP contribution in [0.25, 0.3) is 0 Å². The van der Waals surface area contributed by atoms with Gasteiger partial charge in [-0.1, -0.05) is 0 Å². The Kier molecular flexibility index (Phi) is 10.8. The van der Waals surface area contributed by atoms with E-state index in [9.17, 15) is 18.9 Å². The van der Waals surface area contributed by atoms with Gasteiger partial charge in [0.05, 0.1) is 25.1 Å². The van der Waals surface area contributed by atoms with Gasteiger partial charge in [0.15, 0.2) is 5.96 Å². The first-order valence-electron chi connectivity index (χ1n) is 8.73. The van der Waals surface area contributed by atoms with E-state index in [1.54, 1.807) is 6.07 Å². The molecular weight excluding hydrogens is 517 g/mol. The molecule has 2 N–H and O–H groups in total. The minimum absolute atomic E-state index is 0. The number of nitrogens with zero attached hydrogens (tertiary/aromatic N) is 4. The molecule has 13 heteroatoms. The molecule has 0 saturated carbocycles. The molecule has 0 atom stereocenters. The summed E-state index contributed by atoms with van der Waals surface area (Å²) in [6.45, 7) is 0.348. The predicted molar refractivity (Wildman–Crippen MR) is 117 cm³/mol. The molecule has 0 bridgehead atoms. The molecule has 2 aromatic rings. The first kappa shape index (κ1) is 25.3. The Hall–Kier alpha value is -2.71. The normalized spacial score (nSPS) is 11.0. The maximum atomic E-state index is 12.6. The summed E-state index contributed by atoms with van der Waals surface area (Å²) in [6, 6.07) is 4.51. The van der Waals surface area contributed by atoms with Crippen LogP contribution in [0.2, 0.25) is 0 Å². The molecule has 1 heterocycles. The second kappa shape index (κ2) is 12.8. The van der Waals surface area contributed by atoms with Crippen LogP contribution in [0.4, 0.5) is 14.5 Å². The van der Waals surface area contributed by atoms with Crippen LogP contribution in [0.3, 0.4) is 0 Å². The number of alkyl halides is 2. The van der Waals surface area contributed by atoms with Crippen molar-refractivity contribution in [2.24, 2.45) is 4.99 Å². The lowest BCUT2D eigenvalue weighted by molar-refractivity contribution is -0.385. The highest BCUT2D eigenvalue weighted by Gasteiger charge is 2.12. The van der Waals surface area contributed by atoms with Crippen LogP contribution in [-0.2, 0) is 13.1 Å². The molecule has 10 nitrogen and oxygen atoms in total. The van der Waals surface area contributed by atoms with E-state index in [1.165, 1.54) is 36.3 Å². The van der Waals surface area contributed by atoms with E-state index in [4.69, 9.17) is 4.74 Å². The van der Waals surface area contributed by atoms with Gasteiger partial charge >= 0.3 is 12.3 Å². The molecule has 0 aliphatic rings. The summed E-state index contributed by atoms with van der Waals surface area (Å²) in [4.78, 5) is 14.5. The lowest BCUT2D eigenvalue weighted by Gasteiger charge is -2.13. The Bertz CT molecular complexity index is 849. The molecule has 0 saturated heterocycles. The summed E-state index contributed by atoms with van der Waals surface area (Å²) >= 11 is 0. The van der Waals surface area contributed by atoms with E-state index in [2.05, 4.69) is 25.5 Å². The molecule has 2 rings (SSSR count). The lowest BCUT2D eigenvalue weighted by Crippen LogP contribution is -2.38. The highest BCUT2D eigenvalue weighted by atomic mass is 127. The molecule has 0 aliphatic heterocycles. The number of hydrogen-bond donors (Lipinski definition) is 2. The van der Waals surface area contributed by atoms with E-state index in [0.717, 1.165) is 0 Å². The van der Waals surface area contributed by atoms with E-state index in [-0.39, 0.29) is 42.0 Å². The number of hydrogen-bond acceptors (Lipinski definition) is 6. The zero-order chi connectivity index (χ0) is 21.2. The topological polar surface area (TPSA) is 116 Å². The smallest absolute Gasteiger partial charge is 0.387 e. The molecular formula is C17H23F2IN6O4. The summed E-state index contributed by atoms with van der Waals surface area (Å²) < 4.78 is 36.3. The molecule has 1 aromatic heterocycles. The highest BCUT2D eigenvalue weighted by Crippen LogP contribution is 2.26. The quantitative estimate of drug-likeness (QED) is 0.157. The van der Waals surface area contributed by atoms with Gasteiger partial charge in [0.25, 0.3) is 0 Å². The zero-order valence-electron chi connectivity index (χ0n) is 16.4. The summed E-state index contributed by atoms with van der Waals surface area (Å²) in [5, 5.41) is 20.7. The van der Waals surface area contributed by atoms with Crippen molar-refractivity contribution in [2.75, 3.05) is 20.2 Å². The average Bonchev–Trinajstić information content (AvgIpc) is 3.16. The van der Waals surface area contributed by atoms with Crippen LogP contribution in [0.15, 0.2) is 35.6 Å². The second-order valence-corrected chi connectivity index (χ2v) is 5.69. The van der Waals surface area contributed by atoms with Crippen LogP contribution in [0, 0.1) is 10.1 Å². The van der Waals surface area contributed by atoms with Crippen molar-refractivity contribution >= 4 is 35.6 Å². The molecule has 0 spiro atoms. The number of ether oxygens (including phenoxy) is 2. The van der Waals surface area contributed by atoms with E-state index in [1.807, 2.05) is 6.92 Å². The maximum Gasteiger partial charge on any atom is 0.387 e. The van der Waals surface area contributed by atoms with Gasteiger partial charge in [0, 0.05) is 18.7 Å². The van der Waals surface area contributed by atoms with Crippen LogP contribution in [0.1, 0.15) is 12.5 Å². The van der Waals surface area contributed by atoms with E-state index >= 15 is 0 Å². The fraction of sp³-hybridized carbons (Fsp3) is 0.412. The molecule has 0 fully saturated rings. The number of rotatable bonds is 10. The Labute approximate surface area is 188 Å². The van der Waals surface area contributed by atoms with Crippen molar-refractivity contribution in [1.29, 1.82) is 0 Å². The van der Waals surface area contributed by atoms with Gasteiger partial charge in [-0.05, 0) is 25.1 Å². The van der Waals surface area contributed by atoms with Gasteiger partial charge in [0.2, 0.25) is 0 Å². The summed E-state index contributed by atoms with van der Waals surface area (Å²) in [5.41, 5.74) is 0.347. The fourth-order valence-electron chi connectivity index (χ4n) is 2.38. The Balaban J connectivity index is 0.00000450. The molecule has 1 aromatic carbocycles. The molecule has 0 unspecified atom stereocenters. The Morgan fingerprint density at radius 1 is 1.40 bits per heavy atom. The van der Waals surface area contributed by atoms with Crippen LogP contribution in [0.5, 0.6) is 11.5 Å².